The first-order chi connectivity index (χ1) is 7.70. The fourth-order valence-electron chi connectivity index (χ4n) is 1.19. The second-order valence-electron chi connectivity index (χ2n) is 4.24. The van der Waals surface area contributed by atoms with Gasteiger partial charge in [-0.25, -0.2) is 0 Å². The standard InChI is InChI=1S/C12H27N3S/c1-5-13-12(15-10-11(2)3)14-8-6-7-9-16-4/h11H,5-10H2,1-4H3,(H2,13,14,15). The van der Waals surface area contributed by atoms with Gasteiger partial charge in [0, 0.05) is 19.6 Å². The molecule has 3 nitrogen and oxygen atoms in total. The van der Waals surface area contributed by atoms with E-state index in [4.69, 9.17) is 0 Å². The number of nitrogens with one attached hydrogen (secondary N) is 2. The summed E-state index contributed by atoms with van der Waals surface area (Å²) in [6.07, 6.45) is 4.65. The smallest absolute Gasteiger partial charge is 0.191 e. The Hall–Kier alpha value is -0.380. The molecule has 0 unspecified atom stereocenters. The maximum absolute atomic E-state index is 4.52. The molecule has 0 radical (unpaired) electrons. The van der Waals surface area contributed by atoms with E-state index in [0.29, 0.717) is 5.92 Å². The Balaban J connectivity index is 3.71. The number of rotatable bonds is 8. The molecule has 0 aliphatic rings. The Morgan fingerprint density at radius 3 is 2.56 bits per heavy atom. The van der Waals surface area contributed by atoms with Gasteiger partial charge < -0.3 is 10.6 Å². The Bertz CT molecular complexity index is 181. The number of nitrogens with zero attached hydrogens (tertiary/aromatic N) is 1. The van der Waals surface area contributed by atoms with Crippen LogP contribution in [0.4, 0.5) is 0 Å². The molecule has 0 saturated heterocycles. The van der Waals surface area contributed by atoms with E-state index in [9.17, 15) is 0 Å². The molecule has 2 N–H and O–H groups in total. The van der Waals surface area contributed by atoms with E-state index in [2.05, 4.69) is 42.7 Å². The number of unbranched alkanes of at least 4 members (excludes halogenated alkanes) is 1. The van der Waals surface area contributed by atoms with Crippen molar-refractivity contribution < 1.29 is 0 Å². The van der Waals surface area contributed by atoms with E-state index in [1.165, 1.54) is 18.6 Å². The maximum atomic E-state index is 4.52. The van der Waals surface area contributed by atoms with Crippen LogP contribution in [0.2, 0.25) is 0 Å². The van der Waals surface area contributed by atoms with Gasteiger partial charge in [-0.05, 0) is 37.7 Å². The van der Waals surface area contributed by atoms with E-state index in [1.807, 2.05) is 11.8 Å². The normalized spacial score (nSPS) is 11.9. The molecule has 0 aliphatic carbocycles. The average Bonchev–Trinajstić information content (AvgIpc) is 2.25. The minimum atomic E-state index is 0.618. The van der Waals surface area contributed by atoms with Gasteiger partial charge in [0.15, 0.2) is 5.96 Å². The van der Waals surface area contributed by atoms with Crippen LogP contribution < -0.4 is 10.6 Å². The molecule has 4 heteroatoms. The van der Waals surface area contributed by atoms with Crippen molar-refractivity contribution in [2.45, 2.75) is 33.6 Å². The number of hydrogen-bond acceptors (Lipinski definition) is 2. The van der Waals surface area contributed by atoms with Crippen LogP contribution in [-0.2, 0) is 0 Å². The summed E-state index contributed by atoms with van der Waals surface area (Å²) in [7, 11) is 0. The Morgan fingerprint density at radius 1 is 1.25 bits per heavy atom. The van der Waals surface area contributed by atoms with E-state index in [0.717, 1.165) is 25.6 Å². The zero-order valence-electron chi connectivity index (χ0n) is 11.2. The van der Waals surface area contributed by atoms with Gasteiger partial charge in [-0.2, -0.15) is 11.8 Å². The van der Waals surface area contributed by atoms with Gasteiger partial charge in [-0.1, -0.05) is 13.8 Å². The summed E-state index contributed by atoms with van der Waals surface area (Å²) in [5, 5.41) is 6.63. The summed E-state index contributed by atoms with van der Waals surface area (Å²) in [6.45, 7) is 9.30. The minimum absolute atomic E-state index is 0.618. The van der Waals surface area contributed by atoms with Gasteiger partial charge in [0.1, 0.15) is 0 Å². The summed E-state index contributed by atoms with van der Waals surface area (Å²) in [6, 6.07) is 0. The molecule has 0 spiro atoms. The van der Waals surface area contributed by atoms with Crippen molar-refractivity contribution in [3.05, 3.63) is 0 Å². The van der Waals surface area contributed by atoms with Crippen molar-refractivity contribution in [2.24, 2.45) is 10.9 Å². The molecule has 0 aliphatic heterocycles. The van der Waals surface area contributed by atoms with Crippen LogP contribution in [-0.4, -0.2) is 37.6 Å². The molecule has 96 valence electrons. The molecule has 0 aromatic heterocycles. The topological polar surface area (TPSA) is 36.4 Å². The van der Waals surface area contributed by atoms with E-state index in [-0.39, 0.29) is 0 Å². The van der Waals surface area contributed by atoms with Gasteiger partial charge in [-0.15, -0.1) is 0 Å². The zero-order valence-corrected chi connectivity index (χ0v) is 12.0. The number of aliphatic imine (C=N–C) groups is 1. The van der Waals surface area contributed by atoms with Gasteiger partial charge in [0.25, 0.3) is 0 Å². The van der Waals surface area contributed by atoms with E-state index >= 15 is 0 Å². The highest BCUT2D eigenvalue weighted by molar-refractivity contribution is 7.98. The maximum Gasteiger partial charge on any atom is 0.191 e. The number of hydrogen-bond donors (Lipinski definition) is 2. The van der Waals surface area contributed by atoms with Gasteiger partial charge >= 0.3 is 0 Å². The summed E-state index contributed by atoms with van der Waals surface area (Å²) < 4.78 is 0. The zero-order chi connectivity index (χ0) is 12.2. The third-order valence-corrected chi connectivity index (χ3v) is 2.72. The fraction of sp³-hybridized carbons (Fsp3) is 0.917. The Kier molecular flexibility index (Phi) is 10.9. The number of guanidine groups is 1. The molecule has 0 amide bonds. The molecule has 0 bridgehead atoms. The lowest BCUT2D eigenvalue weighted by atomic mass is 10.2. The van der Waals surface area contributed by atoms with Crippen LogP contribution in [0.15, 0.2) is 4.99 Å². The van der Waals surface area contributed by atoms with Crippen LogP contribution in [0.5, 0.6) is 0 Å². The molecular formula is C12H27N3S. The van der Waals surface area contributed by atoms with E-state index < -0.39 is 0 Å². The second kappa shape index (κ2) is 11.1. The summed E-state index contributed by atoms with van der Waals surface area (Å²) in [4.78, 5) is 4.52. The van der Waals surface area contributed by atoms with Crippen molar-refractivity contribution in [1.82, 2.24) is 10.6 Å². The highest BCUT2D eigenvalue weighted by atomic mass is 32.2. The summed E-state index contributed by atoms with van der Waals surface area (Å²) in [5.41, 5.74) is 0. The van der Waals surface area contributed by atoms with Crippen molar-refractivity contribution in [3.63, 3.8) is 0 Å². The van der Waals surface area contributed by atoms with Crippen LogP contribution in [0, 0.1) is 5.92 Å². The van der Waals surface area contributed by atoms with Crippen molar-refractivity contribution >= 4 is 17.7 Å². The van der Waals surface area contributed by atoms with Crippen LogP contribution in [0.25, 0.3) is 0 Å². The molecule has 16 heavy (non-hydrogen) atoms. The van der Waals surface area contributed by atoms with Crippen molar-refractivity contribution in [2.75, 3.05) is 31.6 Å². The second-order valence-corrected chi connectivity index (χ2v) is 5.23. The quantitative estimate of drug-likeness (QED) is 0.391. The molecule has 0 rings (SSSR count). The van der Waals surface area contributed by atoms with Gasteiger partial charge in [-0.3, -0.25) is 4.99 Å². The van der Waals surface area contributed by atoms with Crippen LogP contribution in [0.1, 0.15) is 33.6 Å². The molecule has 0 saturated carbocycles. The minimum Gasteiger partial charge on any atom is -0.357 e. The Morgan fingerprint density at radius 2 is 2.00 bits per heavy atom. The lowest BCUT2D eigenvalue weighted by Gasteiger charge is -2.11. The fourth-order valence-corrected chi connectivity index (χ4v) is 1.69. The van der Waals surface area contributed by atoms with Crippen LogP contribution >= 0.6 is 11.8 Å². The van der Waals surface area contributed by atoms with Gasteiger partial charge in [0.05, 0.1) is 0 Å². The average molecular weight is 245 g/mol. The van der Waals surface area contributed by atoms with Gasteiger partial charge in [0.2, 0.25) is 0 Å². The lowest BCUT2D eigenvalue weighted by molar-refractivity contribution is 0.653. The highest BCUT2D eigenvalue weighted by Gasteiger charge is 1.97. The SMILES string of the molecule is CCNC(=NCC(C)C)NCCCCSC. The Labute approximate surface area is 105 Å². The van der Waals surface area contributed by atoms with E-state index in [1.54, 1.807) is 0 Å². The monoisotopic (exact) mass is 245 g/mol. The molecule has 0 aromatic carbocycles. The molecule has 0 atom stereocenters. The predicted octanol–water partition coefficient (Wildman–Crippen LogP) is 2.34. The highest BCUT2D eigenvalue weighted by Crippen LogP contribution is 1.97. The lowest BCUT2D eigenvalue weighted by Crippen LogP contribution is -2.38. The van der Waals surface area contributed by atoms with Crippen LogP contribution in [0.3, 0.4) is 0 Å². The first-order valence-corrected chi connectivity index (χ1v) is 7.61. The largest absolute Gasteiger partial charge is 0.357 e. The number of thioether (sulfide) groups is 1. The third kappa shape index (κ3) is 10.1. The predicted molar refractivity (Wildman–Crippen MR) is 76.4 cm³/mol. The first-order valence-electron chi connectivity index (χ1n) is 6.21. The molecular weight excluding hydrogens is 218 g/mol. The van der Waals surface area contributed by atoms with Crippen molar-refractivity contribution in [1.29, 1.82) is 0 Å². The molecule has 0 fully saturated rings. The third-order valence-electron chi connectivity index (χ3n) is 2.03. The first kappa shape index (κ1) is 15.6. The summed E-state index contributed by atoms with van der Waals surface area (Å²) >= 11 is 1.91. The van der Waals surface area contributed by atoms with Crippen molar-refractivity contribution in [3.8, 4) is 0 Å². The molecule has 0 heterocycles. The summed E-state index contributed by atoms with van der Waals surface area (Å²) in [5.74, 6) is 2.83. The molecule has 0 aromatic rings.